The Kier molecular flexibility index (Phi) is 3.85. The van der Waals surface area contributed by atoms with Gasteiger partial charge in [-0.1, -0.05) is 6.07 Å². The first-order valence-corrected chi connectivity index (χ1v) is 8.23. The number of nitrogens with zero attached hydrogens (tertiary/aromatic N) is 3. The van der Waals surface area contributed by atoms with Crippen molar-refractivity contribution in [3.63, 3.8) is 0 Å². The van der Waals surface area contributed by atoms with E-state index in [1.54, 1.807) is 6.20 Å². The van der Waals surface area contributed by atoms with Gasteiger partial charge in [-0.2, -0.15) is 9.97 Å². The van der Waals surface area contributed by atoms with Gasteiger partial charge in [-0.05, 0) is 37.1 Å². The largest absolute Gasteiger partial charge is 0.383 e. The van der Waals surface area contributed by atoms with E-state index < -0.39 is 0 Å². The molecule has 0 radical (unpaired) electrons. The summed E-state index contributed by atoms with van der Waals surface area (Å²) in [6.07, 6.45) is 3.90. The smallest absolute Gasteiger partial charge is 0.321 e. The third-order valence-corrected chi connectivity index (χ3v) is 4.21. The average molecular weight is 337 g/mol. The molecule has 4 rings (SSSR count). The minimum atomic E-state index is -0.0667. The Morgan fingerprint density at radius 3 is 2.80 bits per heavy atom. The van der Waals surface area contributed by atoms with Gasteiger partial charge < -0.3 is 26.3 Å². The molecule has 0 aliphatic carbocycles. The fourth-order valence-corrected chi connectivity index (χ4v) is 2.95. The van der Waals surface area contributed by atoms with Crippen LogP contribution in [0.4, 0.5) is 27.9 Å². The minimum Gasteiger partial charge on any atom is -0.383 e. The number of hydrogen-bond acceptors (Lipinski definition) is 5. The van der Waals surface area contributed by atoms with Crippen molar-refractivity contribution in [3.05, 3.63) is 36.5 Å². The molecule has 0 bridgehead atoms. The number of aromatic amines is 1. The lowest BCUT2D eigenvalue weighted by Crippen LogP contribution is -2.32. The van der Waals surface area contributed by atoms with Gasteiger partial charge in [0.1, 0.15) is 11.5 Å². The molecule has 0 atom stereocenters. The van der Waals surface area contributed by atoms with E-state index in [4.69, 9.17) is 5.73 Å². The molecule has 0 unspecified atom stereocenters. The highest BCUT2D eigenvalue weighted by molar-refractivity contribution is 5.90. The molecule has 1 aromatic carbocycles. The molecule has 1 aliphatic heterocycles. The van der Waals surface area contributed by atoms with Crippen LogP contribution < -0.4 is 16.4 Å². The number of nitrogens with one attached hydrogen (secondary N) is 3. The summed E-state index contributed by atoms with van der Waals surface area (Å²) >= 11 is 0. The van der Waals surface area contributed by atoms with Crippen LogP contribution in [-0.4, -0.2) is 39.0 Å². The summed E-state index contributed by atoms with van der Waals surface area (Å²) in [5.41, 5.74) is 8.11. The predicted octanol–water partition coefficient (Wildman–Crippen LogP) is 2.91. The fraction of sp³-hybridized carbons (Fsp3) is 0.235. The van der Waals surface area contributed by atoms with Crippen molar-refractivity contribution in [2.75, 3.05) is 29.5 Å². The van der Waals surface area contributed by atoms with Crippen molar-refractivity contribution in [3.8, 4) is 0 Å². The Hall–Kier alpha value is -3.29. The first-order chi connectivity index (χ1) is 12.2. The normalized spacial score (nSPS) is 14.0. The number of carbonyl (C=O) groups excluding carboxylic acids is 1. The van der Waals surface area contributed by atoms with E-state index >= 15 is 0 Å². The number of nitrogen functional groups attached to an aromatic ring is 1. The maximum Gasteiger partial charge on any atom is 0.321 e. The lowest BCUT2D eigenvalue weighted by atomic mass is 10.3. The maximum absolute atomic E-state index is 12.2. The van der Waals surface area contributed by atoms with Crippen LogP contribution in [0.2, 0.25) is 0 Å². The number of aromatic nitrogens is 3. The Bertz CT molecular complexity index is 914. The standard InChI is InChI=1S/C17H19N7O/c18-14-13-6-7-19-15(13)23-16(22-14)20-11-4-3-5-12(10-11)21-17(25)24-8-1-2-9-24/h3-7,10H,1-2,8-9H2,(H,21,25)(H4,18,19,20,22,23). The van der Waals surface area contributed by atoms with Crippen LogP contribution in [0, 0.1) is 0 Å². The zero-order valence-corrected chi connectivity index (χ0v) is 13.6. The molecule has 3 aromatic rings. The molecule has 3 heterocycles. The number of benzene rings is 1. The highest BCUT2D eigenvalue weighted by Crippen LogP contribution is 2.22. The summed E-state index contributed by atoms with van der Waals surface area (Å²) in [5, 5.41) is 6.83. The summed E-state index contributed by atoms with van der Waals surface area (Å²) in [6, 6.07) is 9.20. The van der Waals surface area contributed by atoms with Crippen LogP contribution >= 0.6 is 0 Å². The van der Waals surface area contributed by atoms with Gasteiger partial charge in [0.15, 0.2) is 0 Å². The number of anilines is 4. The number of likely N-dealkylation sites (tertiary alicyclic amines) is 1. The SMILES string of the molecule is Nc1nc(Nc2cccc(NC(=O)N3CCCC3)c2)nc2[nH]ccc12. The second-order valence-electron chi connectivity index (χ2n) is 6.00. The summed E-state index contributed by atoms with van der Waals surface area (Å²) in [7, 11) is 0. The van der Waals surface area contributed by atoms with E-state index in [1.165, 1.54) is 0 Å². The number of carbonyl (C=O) groups is 1. The van der Waals surface area contributed by atoms with Crippen LogP contribution in [0.1, 0.15) is 12.8 Å². The molecule has 0 saturated carbocycles. The second kappa shape index (κ2) is 6.31. The van der Waals surface area contributed by atoms with E-state index in [9.17, 15) is 4.79 Å². The van der Waals surface area contributed by atoms with Gasteiger partial charge in [0.25, 0.3) is 0 Å². The van der Waals surface area contributed by atoms with E-state index in [-0.39, 0.29) is 6.03 Å². The monoisotopic (exact) mass is 337 g/mol. The van der Waals surface area contributed by atoms with Crippen molar-refractivity contribution in [1.29, 1.82) is 0 Å². The number of amides is 2. The molecule has 0 spiro atoms. The second-order valence-corrected chi connectivity index (χ2v) is 6.00. The highest BCUT2D eigenvalue weighted by atomic mass is 16.2. The van der Waals surface area contributed by atoms with Crippen molar-refractivity contribution >= 4 is 40.2 Å². The van der Waals surface area contributed by atoms with Crippen LogP contribution in [0.3, 0.4) is 0 Å². The first-order valence-electron chi connectivity index (χ1n) is 8.23. The molecule has 1 saturated heterocycles. The molecule has 128 valence electrons. The fourth-order valence-electron chi connectivity index (χ4n) is 2.95. The van der Waals surface area contributed by atoms with Gasteiger partial charge in [0, 0.05) is 30.7 Å². The van der Waals surface area contributed by atoms with Crippen LogP contribution in [0.5, 0.6) is 0 Å². The first kappa shape index (κ1) is 15.3. The van der Waals surface area contributed by atoms with Crippen molar-refractivity contribution in [1.82, 2.24) is 19.9 Å². The average Bonchev–Trinajstić information content (AvgIpc) is 3.27. The number of urea groups is 1. The molecule has 1 aliphatic rings. The number of fused-ring (bicyclic) bond motifs is 1. The minimum absolute atomic E-state index is 0.0667. The summed E-state index contributed by atoms with van der Waals surface area (Å²) in [4.78, 5) is 25.7. The number of nitrogens with two attached hydrogens (primary N) is 1. The van der Waals surface area contributed by atoms with Gasteiger partial charge in [0.05, 0.1) is 5.39 Å². The summed E-state index contributed by atoms with van der Waals surface area (Å²) < 4.78 is 0. The van der Waals surface area contributed by atoms with Crippen LogP contribution in [0.15, 0.2) is 36.5 Å². The molecule has 2 aromatic heterocycles. The predicted molar refractivity (Wildman–Crippen MR) is 97.9 cm³/mol. The van der Waals surface area contributed by atoms with Crippen molar-refractivity contribution < 1.29 is 4.79 Å². The Balaban J connectivity index is 1.51. The van der Waals surface area contributed by atoms with E-state index in [0.29, 0.717) is 17.4 Å². The van der Waals surface area contributed by atoms with Gasteiger partial charge in [0.2, 0.25) is 5.95 Å². The number of rotatable bonds is 3. The molecular formula is C17H19N7O. The molecule has 5 N–H and O–H groups in total. The van der Waals surface area contributed by atoms with E-state index in [2.05, 4.69) is 25.6 Å². The molecular weight excluding hydrogens is 318 g/mol. The lowest BCUT2D eigenvalue weighted by molar-refractivity contribution is 0.222. The molecule has 25 heavy (non-hydrogen) atoms. The maximum atomic E-state index is 12.2. The topological polar surface area (TPSA) is 112 Å². The van der Waals surface area contributed by atoms with Gasteiger partial charge in [-0.25, -0.2) is 4.79 Å². The summed E-state index contributed by atoms with van der Waals surface area (Å²) in [6.45, 7) is 1.63. The summed E-state index contributed by atoms with van der Waals surface area (Å²) in [5.74, 6) is 0.808. The van der Waals surface area contributed by atoms with Crippen molar-refractivity contribution in [2.24, 2.45) is 0 Å². The van der Waals surface area contributed by atoms with E-state index in [0.717, 1.165) is 42.7 Å². The highest BCUT2D eigenvalue weighted by Gasteiger charge is 2.17. The van der Waals surface area contributed by atoms with Crippen LogP contribution in [-0.2, 0) is 0 Å². The zero-order valence-electron chi connectivity index (χ0n) is 13.6. The third-order valence-electron chi connectivity index (χ3n) is 4.21. The zero-order chi connectivity index (χ0) is 17.2. The van der Waals surface area contributed by atoms with E-state index in [1.807, 2.05) is 35.2 Å². The van der Waals surface area contributed by atoms with Crippen LogP contribution in [0.25, 0.3) is 11.0 Å². The number of H-pyrrole nitrogens is 1. The number of hydrogen-bond donors (Lipinski definition) is 4. The third kappa shape index (κ3) is 3.18. The molecule has 2 amide bonds. The molecule has 8 nitrogen and oxygen atoms in total. The lowest BCUT2D eigenvalue weighted by Gasteiger charge is -2.16. The van der Waals surface area contributed by atoms with Gasteiger partial charge in [-0.15, -0.1) is 0 Å². The van der Waals surface area contributed by atoms with Gasteiger partial charge in [-0.3, -0.25) is 0 Å². The Morgan fingerprint density at radius 2 is 1.96 bits per heavy atom. The Morgan fingerprint density at radius 1 is 1.16 bits per heavy atom. The quantitative estimate of drug-likeness (QED) is 0.587. The van der Waals surface area contributed by atoms with Gasteiger partial charge >= 0.3 is 6.03 Å². The Labute approximate surface area is 144 Å². The molecule has 1 fully saturated rings. The molecule has 8 heteroatoms. The van der Waals surface area contributed by atoms with Crippen molar-refractivity contribution in [2.45, 2.75) is 12.8 Å².